The molecular weight excluding hydrogens is 494 g/mol. The van der Waals surface area contributed by atoms with Crippen molar-refractivity contribution < 1.29 is 14.3 Å². The predicted octanol–water partition coefficient (Wildman–Crippen LogP) is 6.36. The molecule has 0 amide bonds. The van der Waals surface area contributed by atoms with Crippen molar-refractivity contribution in [3.63, 3.8) is 0 Å². The molecule has 4 rings (SSSR count). The normalized spacial score (nSPS) is 11.0. The van der Waals surface area contributed by atoms with Crippen LogP contribution in [-0.4, -0.2) is 28.5 Å². The van der Waals surface area contributed by atoms with Crippen LogP contribution in [0.2, 0.25) is 0 Å². The number of halogens is 1. The van der Waals surface area contributed by atoms with Crippen LogP contribution in [0.4, 0.5) is 0 Å². The van der Waals surface area contributed by atoms with Gasteiger partial charge in [-0.15, -0.1) is 29.5 Å². The van der Waals surface area contributed by atoms with Gasteiger partial charge in [0.25, 0.3) is 0 Å². The summed E-state index contributed by atoms with van der Waals surface area (Å²) in [6.45, 7) is 3.99. The molecule has 0 aliphatic heterocycles. The van der Waals surface area contributed by atoms with Crippen molar-refractivity contribution in [2.75, 3.05) is 12.4 Å². The third-order valence-corrected chi connectivity index (χ3v) is 7.66. The number of thiophene rings is 1. The van der Waals surface area contributed by atoms with Gasteiger partial charge in [0, 0.05) is 21.6 Å². The van der Waals surface area contributed by atoms with Gasteiger partial charge in [-0.25, -0.2) is 4.79 Å². The summed E-state index contributed by atoms with van der Waals surface area (Å²) < 4.78 is 9.14. The van der Waals surface area contributed by atoms with E-state index >= 15 is 0 Å². The van der Waals surface area contributed by atoms with Gasteiger partial charge in [0.05, 0.1) is 38.0 Å². The number of rotatable bonds is 6. The fourth-order valence-corrected chi connectivity index (χ4v) is 5.95. The molecule has 3 aromatic heterocycles. The number of ketones is 1. The number of fused-ring (bicyclic) bond motifs is 3. The fraction of sp³-hybridized carbons (Fsp3) is 0.167. The summed E-state index contributed by atoms with van der Waals surface area (Å²) in [5.74, 6) is 2.55. The maximum atomic E-state index is 13.5. The number of thioether (sulfide) groups is 1. The minimum atomic E-state index is -0.434. The number of carbonyl (C=O) groups is 2. The summed E-state index contributed by atoms with van der Waals surface area (Å²) >= 11 is 6.27. The van der Waals surface area contributed by atoms with Gasteiger partial charge < -0.3 is 9.14 Å². The van der Waals surface area contributed by atoms with Gasteiger partial charge >= 0.3 is 5.97 Å². The highest BCUT2D eigenvalue weighted by molar-refractivity contribution is 9.10. The largest absolute Gasteiger partial charge is 0.462 e. The highest BCUT2D eigenvalue weighted by Crippen LogP contribution is 2.44. The van der Waals surface area contributed by atoms with Crippen LogP contribution >= 0.6 is 39.0 Å². The van der Waals surface area contributed by atoms with Gasteiger partial charge in [0.15, 0.2) is 0 Å². The Morgan fingerprint density at radius 3 is 2.68 bits per heavy atom. The molecular formula is C24H18BrNO3S2. The number of aryl methyl sites for hydroxylation is 1. The maximum absolute atomic E-state index is 13.5. The molecule has 4 aromatic rings. The summed E-state index contributed by atoms with van der Waals surface area (Å²) in [6, 6.07) is 11.1. The van der Waals surface area contributed by atoms with Crippen LogP contribution in [0.15, 0.2) is 51.3 Å². The predicted molar refractivity (Wildman–Crippen MR) is 131 cm³/mol. The quantitative estimate of drug-likeness (QED) is 0.131. The highest BCUT2D eigenvalue weighted by Gasteiger charge is 2.29. The van der Waals surface area contributed by atoms with Crippen LogP contribution < -0.4 is 0 Å². The number of nitrogens with zero attached hydrogens (tertiary/aromatic N) is 1. The molecule has 0 N–H and O–H groups in total. The molecule has 0 spiro atoms. The summed E-state index contributed by atoms with van der Waals surface area (Å²) in [7, 11) is 0. The van der Waals surface area contributed by atoms with Crippen molar-refractivity contribution >= 4 is 67.2 Å². The number of esters is 1. The summed E-state index contributed by atoms with van der Waals surface area (Å²) in [6.07, 6.45) is 7.43. The van der Waals surface area contributed by atoms with Gasteiger partial charge in [-0.05, 0) is 55.8 Å². The van der Waals surface area contributed by atoms with Crippen molar-refractivity contribution in [3.8, 4) is 12.3 Å². The van der Waals surface area contributed by atoms with E-state index in [1.54, 1.807) is 19.1 Å². The second kappa shape index (κ2) is 8.91. The van der Waals surface area contributed by atoms with Crippen LogP contribution in [0.25, 0.3) is 16.4 Å². The third-order valence-electron chi connectivity index (χ3n) is 4.79. The number of pyridine rings is 1. The monoisotopic (exact) mass is 511 g/mol. The first-order chi connectivity index (χ1) is 15.0. The molecule has 0 unspecified atom stereocenters. The average Bonchev–Trinajstić information content (AvgIpc) is 3.27. The third kappa shape index (κ3) is 3.91. The first-order valence-electron chi connectivity index (χ1n) is 9.57. The molecule has 0 saturated carbocycles. The van der Waals surface area contributed by atoms with Gasteiger partial charge in [-0.3, -0.25) is 4.79 Å². The number of hydrogen-bond donors (Lipinski definition) is 0. The van der Waals surface area contributed by atoms with E-state index in [1.807, 2.05) is 41.8 Å². The van der Waals surface area contributed by atoms with Gasteiger partial charge in [-0.1, -0.05) is 21.9 Å². The molecule has 4 nitrogen and oxygen atoms in total. The van der Waals surface area contributed by atoms with E-state index in [4.69, 9.17) is 11.2 Å². The molecule has 0 aliphatic carbocycles. The molecule has 0 bridgehead atoms. The van der Waals surface area contributed by atoms with E-state index in [0.717, 1.165) is 25.3 Å². The Morgan fingerprint density at radius 2 is 2.00 bits per heavy atom. The van der Waals surface area contributed by atoms with Gasteiger partial charge in [0.2, 0.25) is 5.78 Å². The lowest BCUT2D eigenvalue weighted by Crippen LogP contribution is -2.06. The zero-order valence-electron chi connectivity index (χ0n) is 16.9. The number of terminal acetylenes is 1. The van der Waals surface area contributed by atoms with E-state index in [9.17, 15) is 9.59 Å². The van der Waals surface area contributed by atoms with Crippen LogP contribution in [0.3, 0.4) is 0 Å². The molecule has 0 radical (unpaired) electrons. The van der Waals surface area contributed by atoms with E-state index in [-0.39, 0.29) is 12.4 Å². The number of carbonyl (C=O) groups excluding carboxylic acids is 2. The molecule has 3 heterocycles. The average molecular weight is 512 g/mol. The SMILES string of the molecule is C#CCSc1sc(C(=O)c2ccc(Br)cc2)c2c(C(=O)OCC)c3cc(C)ccn3c12. The summed E-state index contributed by atoms with van der Waals surface area (Å²) in [5.41, 5.74) is 3.54. The van der Waals surface area contributed by atoms with E-state index in [1.165, 1.54) is 23.1 Å². The first kappa shape index (κ1) is 21.7. The molecule has 0 atom stereocenters. The second-order valence-electron chi connectivity index (χ2n) is 6.83. The van der Waals surface area contributed by atoms with Crippen molar-refractivity contribution in [2.24, 2.45) is 0 Å². The van der Waals surface area contributed by atoms with Gasteiger partial charge in [-0.2, -0.15) is 0 Å². The lowest BCUT2D eigenvalue weighted by molar-refractivity contribution is 0.0531. The smallest absolute Gasteiger partial charge is 0.341 e. The molecule has 0 aliphatic rings. The maximum Gasteiger partial charge on any atom is 0.341 e. The van der Waals surface area contributed by atoms with Crippen LogP contribution in [0.1, 0.15) is 38.1 Å². The standard InChI is InChI=1S/C24H18BrNO3S2/c1-4-12-30-24-20-19(22(31-24)21(27)15-6-8-16(25)9-7-15)18(23(28)29-5-2)17-13-14(3)10-11-26(17)20/h1,6-11,13H,5,12H2,2-3H3. The highest BCUT2D eigenvalue weighted by atomic mass is 79.9. The summed E-state index contributed by atoms with van der Waals surface area (Å²) in [4.78, 5) is 27.1. The molecule has 1 aromatic carbocycles. The van der Waals surface area contributed by atoms with E-state index in [2.05, 4.69) is 21.9 Å². The second-order valence-corrected chi connectivity index (χ2v) is 10.0. The van der Waals surface area contributed by atoms with Crippen molar-refractivity contribution in [1.29, 1.82) is 0 Å². The Labute approximate surface area is 196 Å². The van der Waals surface area contributed by atoms with Crippen molar-refractivity contribution in [1.82, 2.24) is 4.40 Å². The Bertz CT molecular complexity index is 1360. The minimum absolute atomic E-state index is 0.131. The van der Waals surface area contributed by atoms with Crippen LogP contribution in [0, 0.1) is 19.3 Å². The van der Waals surface area contributed by atoms with E-state index < -0.39 is 5.97 Å². The van der Waals surface area contributed by atoms with Crippen LogP contribution in [-0.2, 0) is 4.74 Å². The molecule has 0 fully saturated rings. The zero-order chi connectivity index (χ0) is 22.1. The van der Waals surface area contributed by atoms with Gasteiger partial charge in [0.1, 0.15) is 0 Å². The Hall–Kier alpha value is -2.53. The Balaban J connectivity index is 2.07. The minimum Gasteiger partial charge on any atom is -0.462 e. The van der Waals surface area contributed by atoms with Crippen molar-refractivity contribution in [2.45, 2.75) is 18.1 Å². The zero-order valence-corrected chi connectivity index (χ0v) is 20.1. The fourth-order valence-electron chi connectivity index (χ4n) is 3.48. The van der Waals surface area contributed by atoms with Crippen LogP contribution in [0.5, 0.6) is 0 Å². The number of hydrogen-bond acceptors (Lipinski definition) is 5. The number of aromatic nitrogens is 1. The number of ether oxygens (including phenoxy) is 1. The Morgan fingerprint density at radius 1 is 1.26 bits per heavy atom. The Kier molecular flexibility index (Phi) is 6.24. The topological polar surface area (TPSA) is 47.8 Å². The molecule has 31 heavy (non-hydrogen) atoms. The molecule has 0 saturated heterocycles. The van der Waals surface area contributed by atoms with E-state index in [0.29, 0.717) is 27.1 Å². The molecule has 156 valence electrons. The van der Waals surface area contributed by atoms with Crippen molar-refractivity contribution in [3.05, 3.63) is 68.6 Å². The molecule has 7 heteroatoms. The summed E-state index contributed by atoms with van der Waals surface area (Å²) in [5, 5.41) is 0.626. The first-order valence-corrected chi connectivity index (χ1v) is 12.2. The lowest BCUT2D eigenvalue weighted by atomic mass is 10.1. The lowest BCUT2D eigenvalue weighted by Gasteiger charge is -2.05. The number of benzene rings is 1.